The Morgan fingerprint density at radius 1 is 1.41 bits per heavy atom. The largest absolute Gasteiger partial charge is 0.284 e. The van der Waals surface area contributed by atoms with Crippen LogP contribution in [0, 0.1) is 18.2 Å². The second kappa shape index (κ2) is 6.19. The number of hydrogen-bond donors (Lipinski definition) is 1. The van der Waals surface area contributed by atoms with Crippen molar-refractivity contribution >= 4 is 15.9 Å². The maximum Gasteiger partial charge on any atom is 0.284 e. The number of nitrogens with zero attached hydrogens (tertiary/aromatic N) is 3. The van der Waals surface area contributed by atoms with E-state index in [-0.39, 0.29) is 12.8 Å². The quantitative estimate of drug-likeness (QED) is 0.766. The molecule has 1 aromatic rings. The van der Waals surface area contributed by atoms with Crippen LogP contribution in [0.4, 0.5) is 4.39 Å². The molecule has 0 fully saturated rings. The molecule has 1 N–H and O–H groups in total. The average molecular weight is 324 g/mol. The molecule has 0 unspecified atom stereocenters. The van der Waals surface area contributed by atoms with Gasteiger partial charge in [-0.2, -0.15) is 18.6 Å². The lowest BCUT2D eigenvalue weighted by Crippen LogP contribution is -2.32. The second-order valence-electron chi connectivity index (χ2n) is 4.71. The molecule has 0 atom stereocenters. The molecule has 2 heterocycles. The molecule has 2 rings (SSSR count). The zero-order valence-corrected chi connectivity index (χ0v) is 12.3. The van der Waals surface area contributed by atoms with Crippen LogP contribution in [-0.2, 0) is 14.8 Å². The average Bonchev–Trinajstić information content (AvgIpc) is 3.23. The zero-order valence-electron chi connectivity index (χ0n) is 11.5. The van der Waals surface area contributed by atoms with E-state index >= 15 is 0 Å². The molecule has 0 bridgehead atoms. The number of carbonyl (C=O) groups is 1. The fourth-order valence-corrected chi connectivity index (χ4v) is 2.82. The van der Waals surface area contributed by atoms with E-state index < -0.39 is 32.4 Å². The number of rotatable bonds is 7. The van der Waals surface area contributed by atoms with Gasteiger partial charge in [0.2, 0.25) is 10.9 Å². The van der Waals surface area contributed by atoms with E-state index in [4.69, 9.17) is 6.42 Å². The van der Waals surface area contributed by atoms with Gasteiger partial charge >= 0.3 is 0 Å². The number of amides is 1. The van der Waals surface area contributed by atoms with Gasteiger partial charge in [-0.3, -0.25) is 4.79 Å². The number of aromatic nitrogens is 1. The molecule has 1 amide bonds. The summed E-state index contributed by atoms with van der Waals surface area (Å²) >= 11 is 0. The van der Waals surface area contributed by atoms with Crippen LogP contribution in [0.1, 0.15) is 25.7 Å². The number of halogens is 1. The minimum Gasteiger partial charge on any atom is -0.274 e. The van der Waals surface area contributed by atoms with Crippen molar-refractivity contribution in [2.75, 3.05) is 0 Å². The molecule has 22 heavy (non-hydrogen) atoms. The molecular formula is C13H13FN4O3S. The highest BCUT2D eigenvalue weighted by atomic mass is 32.2. The number of hydrogen-bond acceptors (Lipinski definition) is 6. The lowest BCUT2D eigenvalue weighted by molar-refractivity contribution is -0.119. The monoisotopic (exact) mass is 324 g/mol. The van der Waals surface area contributed by atoms with Crippen LogP contribution in [0.3, 0.4) is 0 Å². The Bertz CT molecular complexity index is 749. The molecule has 0 saturated carbocycles. The summed E-state index contributed by atoms with van der Waals surface area (Å²) in [5, 5.41) is 6.87. The Morgan fingerprint density at radius 3 is 2.73 bits per heavy atom. The third-order valence-electron chi connectivity index (χ3n) is 3.03. The smallest absolute Gasteiger partial charge is 0.274 e. The van der Waals surface area contributed by atoms with Crippen LogP contribution >= 0.6 is 0 Å². The first-order chi connectivity index (χ1) is 10.4. The summed E-state index contributed by atoms with van der Waals surface area (Å²) in [4.78, 5) is 15.2. The lowest BCUT2D eigenvalue weighted by atomic mass is 10.0. The van der Waals surface area contributed by atoms with Crippen molar-refractivity contribution in [1.82, 2.24) is 9.71 Å². The van der Waals surface area contributed by atoms with Gasteiger partial charge in [-0.15, -0.1) is 12.3 Å². The molecule has 0 radical (unpaired) electrons. The maximum atomic E-state index is 13.4. The lowest BCUT2D eigenvalue weighted by Gasteiger charge is -2.09. The molecular weight excluding hydrogens is 311 g/mol. The summed E-state index contributed by atoms with van der Waals surface area (Å²) in [6.07, 6.45) is 7.38. The summed E-state index contributed by atoms with van der Waals surface area (Å²) in [6, 6.07) is 2.20. The maximum absolute atomic E-state index is 13.4. The van der Waals surface area contributed by atoms with Crippen molar-refractivity contribution in [1.29, 1.82) is 0 Å². The summed E-state index contributed by atoms with van der Waals surface area (Å²) in [6.45, 7) is 0. The highest BCUT2D eigenvalue weighted by Crippen LogP contribution is 2.37. The zero-order chi connectivity index (χ0) is 16.2. The van der Waals surface area contributed by atoms with Crippen molar-refractivity contribution in [3.63, 3.8) is 0 Å². The number of terminal acetylenes is 1. The first-order valence-electron chi connectivity index (χ1n) is 6.42. The highest BCUT2D eigenvalue weighted by molar-refractivity contribution is 7.90. The minimum absolute atomic E-state index is 0.120. The molecule has 0 saturated heterocycles. The Balaban J connectivity index is 1.92. The van der Waals surface area contributed by atoms with E-state index in [1.807, 2.05) is 0 Å². The number of sulfonamides is 1. The predicted octanol–water partition coefficient (Wildman–Crippen LogP) is 1.38. The van der Waals surface area contributed by atoms with E-state index in [9.17, 15) is 17.6 Å². The summed E-state index contributed by atoms with van der Waals surface area (Å²) in [5.74, 6) is 0.648. The van der Waals surface area contributed by atoms with Gasteiger partial charge in [0.15, 0.2) is 11.5 Å². The molecule has 0 spiro atoms. The van der Waals surface area contributed by atoms with E-state index in [1.54, 1.807) is 4.72 Å². The SMILES string of the molecule is C#CCCC1(CCC(=O)NS(=O)(=O)c2ncccc2F)N=N1. The summed E-state index contributed by atoms with van der Waals surface area (Å²) in [7, 11) is -4.33. The third-order valence-corrected chi connectivity index (χ3v) is 4.34. The molecule has 1 aromatic heterocycles. The van der Waals surface area contributed by atoms with Crippen LogP contribution in [0.5, 0.6) is 0 Å². The molecule has 1 aliphatic rings. The summed E-state index contributed by atoms with van der Waals surface area (Å²) in [5.41, 5.74) is -0.677. The van der Waals surface area contributed by atoms with Crippen LogP contribution in [0.15, 0.2) is 33.6 Å². The van der Waals surface area contributed by atoms with Crippen molar-refractivity contribution in [3.8, 4) is 12.3 Å². The summed E-state index contributed by atoms with van der Waals surface area (Å²) < 4.78 is 38.9. The molecule has 1 aliphatic heterocycles. The van der Waals surface area contributed by atoms with Gasteiger partial charge in [0.25, 0.3) is 10.0 Å². The van der Waals surface area contributed by atoms with Crippen molar-refractivity contribution in [2.24, 2.45) is 10.2 Å². The van der Waals surface area contributed by atoms with Gasteiger partial charge in [-0.05, 0) is 12.1 Å². The molecule has 7 nitrogen and oxygen atoms in total. The standard InChI is InChI=1S/C13H13FN4O3S/c1-2-3-7-13(17-18-13)8-6-11(19)16-22(20,21)12-10(14)5-4-9-15-12/h1,4-5,9H,3,6-8H2,(H,16,19). The van der Waals surface area contributed by atoms with Crippen molar-refractivity contribution in [3.05, 3.63) is 24.1 Å². The first-order valence-corrected chi connectivity index (χ1v) is 7.91. The topological polar surface area (TPSA) is 101 Å². The number of nitrogens with one attached hydrogen (secondary N) is 1. The van der Waals surface area contributed by atoms with E-state index in [0.29, 0.717) is 12.8 Å². The Labute approximate surface area is 127 Å². The fraction of sp³-hybridized carbons (Fsp3) is 0.385. The minimum atomic E-state index is -4.33. The van der Waals surface area contributed by atoms with Gasteiger partial charge in [0.05, 0.1) is 0 Å². The van der Waals surface area contributed by atoms with Gasteiger partial charge in [-0.25, -0.2) is 14.1 Å². The fourth-order valence-electron chi connectivity index (χ4n) is 1.80. The van der Waals surface area contributed by atoms with Crippen molar-refractivity contribution in [2.45, 2.75) is 36.4 Å². The van der Waals surface area contributed by atoms with Crippen LogP contribution in [-0.4, -0.2) is 25.0 Å². The van der Waals surface area contributed by atoms with Gasteiger partial charge in [0.1, 0.15) is 0 Å². The van der Waals surface area contributed by atoms with Crippen LogP contribution < -0.4 is 4.72 Å². The predicted molar refractivity (Wildman–Crippen MR) is 74.4 cm³/mol. The Kier molecular flexibility index (Phi) is 4.51. The van der Waals surface area contributed by atoms with E-state index in [2.05, 4.69) is 21.1 Å². The number of carbonyl (C=O) groups excluding carboxylic acids is 1. The normalized spacial score (nSPS) is 15.1. The second-order valence-corrected chi connectivity index (χ2v) is 6.30. The molecule has 116 valence electrons. The number of pyridine rings is 1. The molecule has 0 aliphatic carbocycles. The molecule has 9 heteroatoms. The first kappa shape index (κ1) is 16.0. The Morgan fingerprint density at radius 2 is 2.14 bits per heavy atom. The van der Waals surface area contributed by atoms with E-state index in [1.165, 1.54) is 6.07 Å². The van der Waals surface area contributed by atoms with Gasteiger partial charge in [0, 0.05) is 31.9 Å². The van der Waals surface area contributed by atoms with Gasteiger partial charge in [-0.1, -0.05) is 0 Å². The van der Waals surface area contributed by atoms with Gasteiger partial charge < -0.3 is 0 Å². The Hall–Kier alpha value is -2.34. The highest BCUT2D eigenvalue weighted by Gasteiger charge is 2.39. The molecule has 0 aromatic carbocycles. The third kappa shape index (κ3) is 3.85. The van der Waals surface area contributed by atoms with Crippen LogP contribution in [0.2, 0.25) is 0 Å². The van der Waals surface area contributed by atoms with Crippen LogP contribution in [0.25, 0.3) is 0 Å². The van der Waals surface area contributed by atoms with Crippen molar-refractivity contribution < 1.29 is 17.6 Å². The van der Waals surface area contributed by atoms with E-state index in [0.717, 1.165) is 12.3 Å².